The highest BCUT2D eigenvalue weighted by molar-refractivity contribution is 7.98. The van der Waals surface area contributed by atoms with Crippen molar-refractivity contribution in [3.63, 3.8) is 0 Å². The van der Waals surface area contributed by atoms with E-state index in [1.165, 1.54) is 0 Å². The van der Waals surface area contributed by atoms with Gasteiger partial charge in [0, 0.05) is 43.6 Å². The Morgan fingerprint density at radius 1 is 0.895 bits per heavy atom. The quantitative estimate of drug-likeness (QED) is 0.415. The van der Waals surface area contributed by atoms with Gasteiger partial charge < -0.3 is 15.1 Å². The summed E-state index contributed by atoms with van der Waals surface area (Å²) in [4.78, 5) is 45.0. The number of nitrogens with one attached hydrogen (secondary N) is 1. The molecule has 0 bridgehead atoms. The van der Waals surface area contributed by atoms with Gasteiger partial charge in [0.15, 0.2) is 0 Å². The van der Waals surface area contributed by atoms with Crippen molar-refractivity contribution in [3.8, 4) is 0 Å². The first-order valence-electron chi connectivity index (χ1n) is 12.9. The van der Waals surface area contributed by atoms with E-state index in [4.69, 9.17) is 0 Å². The number of hydrogen-bond acceptors (Lipinski definition) is 4. The third kappa shape index (κ3) is 6.27. The summed E-state index contributed by atoms with van der Waals surface area (Å²) in [7, 11) is 0. The van der Waals surface area contributed by atoms with Crippen molar-refractivity contribution in [3.05, 3.63) is 101 Å². The van der Waals surface area contributed by atoms with Crippen LogP contribution in [0.5, 0.6) is 0 Å². The third-order valence-corrected chi connectivity index (χ3v) is 8.06. The van der Waals surface area contributed by atoms with Gasteiger partial charge in [-0.05, 0) is 61.4 Å². The molecule has 0 aromatic heterocycles. The predicted octanol–water partition coefficient (Wildman–Crippen LogP) is 5.06. The van der Waals surface area contributed by atoms with E-state index in [1.807, 2.05) is 92.0 Å². The molecular formula is C31H35N3O3S. The highest BCUT2D eigenvalue weighted by Crippen LogP contribution is 2.33. The van der Waals surface area contributed by atoms with Crippen molar-refractivity contribution < 1.29 is 14.4 Å². The summed E-state index contributed by atoms with van der Waals surface area (Å²) >= 11 is 1.66. The topological polar surface area (TPSA) is 69.7 Å². The molecule has 0 atom stereocenters. The molecule has 0 saturated carbocycles. The van der Waals surface area contributed by atoms with Gasteiger partial charge in [0.05, 0.1) is 0 Å². The molecule has 3 aromatic rings. The molecule has 1 saturated heterocycles. The van der Waals surface area contributed by atoms with Gasteiger partial charge in [-0.3, -0.25) is 14.4 Å². The third-order valence-electron chi connectivity index (χ3n) is 7.31. The zero-order valence-corrected chi connectivity index (χ0v) is 23.1. The minimum Gasteiger partial charge on any atom is -0.350 e. The predicted molar refractivity (Wildman–Crippen MR) is 152 cm³/mol. The molecule has 198 valence electrons. The van der Waals surface area contributed by atoms with Crippen LogP contribution in [0.4, 0.5) is 0 Å². The SMILES string of the molecule is CSc1ccc(CN(C(=O)c2ccc(C)cc2)C2(C(=O)NCc3ccccc3)CCN(C(C)=O)CC2)cc1. The van der Waals surface area contributed by atoms with E-state index in [0.29, 0.717) is 44.6 Å². The number of carbonyl (C=O) groups is 3. The maximum atomic E-state index is 14.1. The lowest BCUT2D eigenvalue weighted by molar-refractivity contribution is -0.141. The molecule has 1 aliphatic heterocycles. The summed E-state index contributed by atoms with van der Waals surface area (Å²) in [5.41, 5.74) is 2.45. The second-order valence-electron chi connectivity index (χ2n) is 9.81. The number of amides is 3. The van der Waals surface area contributed by atoms with Crippen molar-refractivity contribution in [1.82, 2.24) is 15.1 Å². The van der Waals surface area contributed by atoms with Gasteiger partial charge in [-0.25, -0.2) is 0 Å². The van der Waals surface area contributed by atoms with Gasteiger partial charge in [-0.1, -0.05) is 60.2 Å². The van der Waals surface area contributed by atoms with Crippen LogP contribution in [0.1, 0.15) is 46.8 Å². The van der Waals surface area contributed by atoms with Gasteiger partial charge in [0.25, 0.3) is 5.91 Å². The van der Waals surface area contributed by atoms with Crippen LogP contribution in [0.2, 0.25) is 0 Å². The van der Waals surface area contributed by atoms with Crippen molar-refractivity contribution in [2.75, 3.05) is 19.3 Å². The molecule has 0 spiro atoms. The number of carbonyl (C=O) groups excluding carboxylic acids is 3. The zero-order chi connectivity index (χ0) is 27.1. The monoisotopic (exact) mass is 529 g/mol. The molecule has 6 nitrogen and oxygen atoms in total. The summed E-state index contributed by atoms with van der Waals surface area (Å²) in [6.07, 6.45) is 2.76. The molecule has 1 fully saturated rings. The standard InChI is InChI=1S/C31H35N3O3S/c1-23-9-13-27(14-10-23)29(36)34(22-26-11-15-28(38-3)16-12-26)31(17-19-33(20-18-31)24(2)35)30(37)32-21-25-7-5-4-6-8-25/h4-16H,17-22H2,1-3H3,(H,32,37). The number of hydrogen-bond donors (Lipinski definition) is 1. The summed E-state index contributed by atoms with van der Waals surface area (Å²) in [5, 5.41) is 3.11. The fourth-order valence-electron chi connectivity index (χ4n) is 4.94. The lowest BCUT2D eigenvalue weighted by Gasteiger charge is -2.47. The van der Waals surface area contributed by atoms with Gasteiger partial charge in [0.2, 0.25) is 11.8 Å². The molecule has 0 aliphatic carbocycles. The van der Waals surface area contributed by atoms with Crippen LogP contribution in [0.3, 0.4) is 0 Å². The summed E-state index contributed by atoms with van der Waals surface area (Å²) in [6.45, 7) is 5.02. The van der Waals surface area contributed by atoms with E-state index in [0.717, 1.165) is 21.6 Å². The highest BCUT2D eigenvalue weighted by atomic mass is 32.2. The van der Waals surface area contributed by atoms with E-state index >= 15 is 0 Å². The Balaban J connectivity index is 1.72. The van der Waals surface area contributed by atoms with E-state index in [1.54, 1.807) is 28.5 Å². The van der Waals surface area contributed by atoms with Crippen LogP contribution in [-0.4, -0.2) is 52.4 Å². The van der Waals surface area contributed by atoms with Crippen LogP contribution < -0.4 is 5.32 Å². The average Bonchev–Trinajstić information content (AvgIpc) is 2.95. The van der Waals surface area contributed by atoms with E-state index in [9.17, 15) is 14.4 Å². The molecule has 38 heavy (non-hydrogen) atoms. The van der Waals surface area contributed by atoms with Crippen molar-refractivity contribution >= 4 is 29.5 Å². The minimum atomic E-state index is -1.10. The normalized spacial score (nSPS) is 14.6. The Morgan fingerprint density at radius 2 is 1.53 bits per heavy atom. The fraction of sp³-hybridized carbons (Fsp3) is 0.323. The first-order valence-corrected chi connectivity index (χ1v) is 14.1. The number of thioether (sulfide) groups is 1. The van der Waals surface area contributed by atoms with E-state index < -0.39 is 5.54 Å². The number of nitrogens with zero attached hydrogens (tertiary/aromatic N) is 2. The zero-order valence-electron chi connectivity index (χ0n) is 22.3. The molecular weight excluding hydrogens is 494 g/mol. The van der Waals surface area contributed by atoms with Crippen molar-refractivity contribution in [2.24, 2.45) is 0 Å². The minimum absolute atomic E-state index is 0.0210. The summed E-state index contributed by atoms with van der Waals surface area (Å²) in [6, 6.07) is 25.3. The molecule has 1 N–H and O–H groups in total. The molecule has 0 radical (unpaired) electrons. The molecule has 3 aromatic carbocycles. The fourth-order valence-corrected chi connectivity index (χ4v) is 5.35. The number of aryl methyl sites for hydroxylation is 1. The Labute approximate surface area is 229 Å². The molecule has 0 unspecified atom stereocenters. The smallest absolute Gasteiger partial charge is 0.255 e. The van der Waals surface area contributed by atoms with Crippen LogP contribution in [0, 0.1) is 6.92 Å². The number of likely N-dealkylation sites (tertiary alicyclic amines) is 1. The van der Waals surface area contributed by atoms with Gasteiger partial charge in [0.1, 0.15) is 5.54 Å². The van der Waals surface area contributed by atoms with Crippen LogP contribution >= 0.6 is 11.8 Å². The van der Waals surface area contributed by atoms with Gasteiger partial charge >= 0.3 is 0 Å². The van der Waals surface area contributed by atoms with Gasteiger partial charge in [-0.15, -0.1) is 11.8 Å². The molecule has 1 heterocycles. The van der Waals surface area contributed by atoms with Crippen molar-refractivity contribution in [2.45, 2.75) is 50.2 Å². The average molecular weight is 530 g/mol. The summed E-state index contributed by atoms with van der Waals surface area (Å²) in [5.74, 6) is -0.400. The van der Waals surface area contributed by atoms with Crippen LogP contribution in [0.15, 0.2) is 83.8 Å². The first-order chi connectivity index (χ1) is 18.3. The second kappa shape index (κ2) is 12.3. The maximum absolute atomic E-state index is 14.1. The molecule has 3 amide bonds. The maximum Gasteiger partial charge on any atom is 0.255 e. The molecule has 1 aliphatic rings. The Kier molecular flexibility index (Phi) is 8.89. The second-order valence-corrected chi connectivity index (χ2v) is 10.7. The van der Waals surface area contributed by atoms with Gasteiger partial charge in [-0.2, -0.15) is 0 Å². The van der Waals surface area contributed by atoms with E-state index in [-0.39, 0.29) is 17.7 Å². The Hall–Kier alpha value is -3.58. The number of benzene rings is 3. The van der Waals surface area contributed by atoms with Crippen molar-refractivity contribution in [1.29, 1.82) is 0 Å². The van der Waals surface area contributed by atoms with Crippen LogP contribution in [0.25, 0.3) is 0 Å². The largest absolute Gasteiger partial charge is 0.350 e. The Morgan fingerprint density at radius 3 is 2.11 bits per heavy atom. The number of rotatable bonds is 8. The first kappa shape index (κ1) is 27.5. The lowest BCUT2D eigenvalue weighted by Crippen LogP contribution is -2.64. The summed E-state index contributed by atoms with van der Waals surface area (Å²) < 4.78 is 0. The number of piperidine rings is 1. The molecule has 7 heteroatoms. The lowest BCUT2D eigenvalue weighted by atomic mass is 9.83. The highest BCUT2D eigenvalue weighted by Gasteiger charge is 2.48. The van der Waals surface area contributed by atoms with E-state index in [2.05, 4.69) is 5.32 Å². The Bertz CT molecular complexity index is 1250. The van der Waals surface area contributed by atoms with Crippen LogP contribution in [-0.2, 0) is 22.7 Å². The molecule has 4 rings (SSSR count).